The van der Waals surface area contributed by atoms with Gasteiger partial charge in [-0.1, -0.05) is 70.2 Å². The van der Waals surface area contributed by atoms with Crippen LogP contribution < -0.4 is 10.6 Å². The molecule has 1 saturated heterocycles. The fraction of sp³-hybridized carbons (Fsp3) is 0.515. The second-order valence-electron chi connectivity index (χ2n) is 12.4. The summed E-state index contributed by atoms with van der Waals surface area (Å²) in [5.74, 6) is 1.15. The summed E-state index contributed by atoms with van der Waals surface area (Å²) < 4.78 is 0. The monoisotopic (exact) mass is 509 g/mol. The molecule has 1 fully saturated rings. The summed E-state index contributed by atoms with van der Waals surface area (Å²) in [6, 6.07) is 18.6. The minimum Gasteiger partial charge on any atom is -0.384 e. The molecule has 3 unspecified atom stereocenters. The largest absolute Gasteiger partial charge is 0.384 e. The first-order chi connectivity index (χ1) is 18.4. The lowest BCUT2D eigenvalue weighted by Crippen LogP contribution is -2.46. The second kappa shape index (κ2) is 10.4. The molecule has 2 aromatic carbocycles. The minimum atomic E-state index is 0.117. The van der Waals surface area contributed by atoms with Gasteiger partial charge in [-0.25, -0.2) is 9.97 Å². The Morgan fingerprint density at radius 3 is 2.68 bits per heavy atom. The highest BCUT2D eigenvalue weighted by Crippen LogP contribution is 2.52. The summed E-state index contributed by atoms with van der Waals surface area (Å²) in [6.45, 7) is 13.2. The molecule has 3 aromatic rings. The number of rotatable bonds is 7. The van der Waals surface area contributed by atoms with Gasteiger partial charge in [-0.2, -0.15) is 0 Å². The van der Waals surface area contributed by atoms with E-state index in [1.807, 2.05) is 6.33 Å². The molecule has 0 bridgehead atoms. The molecule has 2 aliphatic heterocycles. The zero-order valence-electron chi connectivity index (χ0n) is 23.5. The SMILES string of the molecule is CC(C)NCc1cccc2c1C1(CCN(Cc3ccccc3)C(c3ncnc4c3C(C(C)C)CC4)C1)CN2. The number of hydrogen-bond donors (Lipinski definition) is 2. The Morgan fingerprint density at radius 1 is 1.05 bits per heavy atom. The average molecular weight is 510 g/mol. The third-order valence-electron chi connectivity index (χ3n) is 9.31. The molecule has 6 rings (SSSR count). The maximum atomic E-state index is 5.11. The van der Waals surface area contributed by atoms with Crippen LogP contribution in [0.25, 0.3) is 0 Å². The van der Waals surface area contributed by atoms with E-state index in [2.05, 4.69) is 91.8 Å². The fourth-order valence-electron chi connectivity index (χ4n) is 7.39. The average Bonchev–Trinajstić information content (AvgIpc) is 3.52. The Balaban J connectivity index is 1.42. The van der Waals surface area contributed by atoms with Crippen LogP contribution in [0.5, 0.6) is 0 Å². The van der Waals surface area contributed by atoms with E-state index in [1.165, 1.54) is 40.2 Å². The van der Waals surface area contributed by atoms with Crippen LogP contribution in [0.4, 0.5) is 5.69 Å². The van der Waals surface area contributed by atoms with Gasteiger partial charge in [0.15, 0.2) is 0 Å². The number of aryl methyl sites for hydroxylation is 1. The third-order valence-corrected chi connectivity index (χ3v) is 9.31. The Morgan fingerprint density at radius 2 is 1.89 bits per heavy atom. The number of benzene rings is 2. The van der Waals surface area contributed by atoms with E-state index in [9.17, 15) is 0 Å². The smallest absolute Gasteiger partial charge is 0.116 e. The first kappa shape index (κ1) is 25.5. The van der Waals surface area contributed by atoms with Crippen molar-refractivity contribution in [1.29, 1.82) is 0 Å². The van der Waals surface area contributed by atoms with E-state index >= 15 is 0 Å². The third kappa shape index (κ3) is 4.65. The standard InChI is InChI=1S/C33H43N5/c1-22(2)26-13-14-27-30(26)32(37-21-36-27)29-17-33(15-16-38(29)19-24-9-6-5-7-10-24)20-35-28-12-8-11-25(31(28)33)18-34-23(3)4/h5-12,21-23,26,29,34-35H,13-20H2,1-4H3. The van der Waals surface area contributed by atoms with Crippen LogP contribution >= 0.6 is 0 Å². The highest BCUT2D eigenvalue weighted by molar-refractivity contribution is 5.64. The second-order valence-corrected chi connectivity index (χ2v) is 12.4. The normalized spacial score (nSPS) is 24.7. The van der Waals surface area contributed by atoms with Crippen molar-refractivity contribution in [3.63, 3.8) is 0 Å². The molecule has 1 spiro atoms. The number of likely N-dealkylation sites (tertiary alicyclic amines) is 1. The van der Waals surface area contributed by atoms with Crippen molar-refractivity contribution in [3.8, 4) is 0 Å². The summed E-state index contributed by atoms with van der Waals surface area (Å²) in [5, 5.41) is 7.52. The number of nitrogens with zero attached hydrogens (tertiary/aromatic N) is 3. The van der Waals surface area contributed by atoms with E-state index in [-0.39, 0.29) is 11.5 Å². The molecule has 3 atom stereocenters. The lowest BCUT2D eigenvalue weighted by atomic mass is 9.69. The highest BCUT2D eigenvalue weighted by Gasteiger charge is 2.48. The Kier molecular flexibility index (Phi) is 7.00. The number of anilines is 1. The lowest BCUT2D eigenvalue weighted by molar-refractivity contribution is 0.0881. The van der Waals surface area contributed by atoms with Crippen molar-refractivity contribution in [1.82, 2.24) is 20.2 Å². The molecule has 2 N–H and O–H groups in total. The van der Waals surface area contributed by atoms with Crippen LogP contribution in [0.2, 0.25) is 0 Å². The molecule has 0 amide bonds. The van der Waals surface area contributed by atoms with E-state index < -0.39 is 0 Å². The summed E-state index contributed by atoms with van der Waals surface area (Å²) in [5.41, 5.74) is 9.87. The maximum absolute atomic E-state index is 5.11. The van der Waals surface area contributed by atoms with Gasteiger partial charge in [0, 0.05) is 54.6 Å². The zero-order chi connectivity index (χ0) is 26.3. The first-order valence-corrected chi connectivity index (χ1v) is 14.7. The summed E-state index contributed by atoms with van der Waals surface area (Å²) in [7, 11) is 0. The molecular formula is C33H43N5. The molecular weight excluding hydrogens is 466 g/mol. The van der Waals surface area contributed by atoms with Crippen molar-refractivity contribution >= 4 is 5.69 Å². The van der Waals surface area contributed by atoms with Crippen LogP contribution in [0.1, 0.15) is 92.6 Å². The zero-order valence-corrected chi connectivity index (χ0v) is 23.5. The van der Waals surface area contributed by atoms with Gasteiger partial charge in [-0.05, 0) is 60.3 Å². The summed E-state index contributed by atoms with van der Waals surface area (Å²) in [4.78, 5) is 12.6. The van der Waals surface area contributed by atoms with Crippen molar-refractivity contribution in [2.45, 2.75) is 89.9 Å². The molecule has 1 aliphatic carbocycles. The van der Waals surface area contributed by atoms with Gasteiger partial charge in [0.05, 0.1) is 11.7 Å². The molecule has 1 aromatic heterocycles. The molecule has 0 saturated carbocycles. The van der Waals surface area contributed by atoms with E-state index in [0.29, 0.717) is 17.9 Å². The molecule has 3 aliphatic rings. The Bertz CT molecular complexity index is 1270. The molecule has 3 heterocycles. The number of nitrogens with one attached hydrogen (secondary N) is 2. The fourth-order valence-corrected chi connectivity index (χ4v) is 7.39. The number of piperidine rings is 1. The van der Waals surface area contributed by atoms with Crippen molar-refractivity contribution in [3.05, 3.63) is 88.5 Å². The molecule has 5 heteroatoms. The number of fused-ring (bicyclic) bond motifs is 3. The Labute approximate surface area is 228 Å². The van der Waals surface area contributed by atoms with Crippen LogP contribution in [-0.2, 0) is 24.9 Å². The molecule has 38 heavy (non-hydrogen) atoms. The van der Waals surface area contributed by atoms with E-state index in [1.54, 1.807) is 5.56 Å². The molecule has 0 radical (unpaired) electrons. The van der Waals surface area contributed by atoms with Gasteiger partial charge in [-0.15, -0.1) is 0 Å². The minimum absolute atomic E-state index is 0.117. The first-order valence-electron chi connectivity index (χ1n) is 14.7. The Hall–Kier alpha value is -2.76. The van der Waals surface area contributed by atoms with Crippen LogP contribution in [0.3, 0.4) is 0 Å². The van der Waals surface area contributed by atoms with Gasteiger partial charge >= 0.3 is 0 Å². The van der Waals surface area contributed by atoms with Gasteiger partial charge in [-0.3, -0.25) is 4.90 Å². The highest BCUT2D eigenvalue weighted by atomic mass is 15.2. The topological polar surface area (TPSA) is 53.1 Å². The molecule has 200 valence electrons. The molecule has 5 nitrogen and oxygen atoms in total. The summed E-state index contributed by atoms with van der Waals surface area (Å²) >= 11 is 0. The van der Waals surface area contributed by atoms with Gasteiger partial charge in [0.1, 0.15) is 6.33 Å². The van der Waals surface area contributed by atoms with E-state index in [4.69, 9.17) is 9.97 Å². The van der Waals surface area contributed by atoms with Crippen LogP contribution in [0, 0.1) is 5.92 Å². The van der Waals surface area contributed by atoms with Crippen molar-refractivity contribution in [2.24, 2.45) is 5.92 Å². The van der Waals surface area contributed by atoms with Crippen molar-refractivity contribution < 1.29 is 0 Å². The maximum Gasteiger partial charge on any atom is 0.116 e. The van der Waals surface area contributed by atoms with Crippen LogP contribution in [0.15, 0.2) is 54.9 Å². The van der Waals surface area contributed by atoms with Gasteiger partial charge in [0.25, 0.3) is 0 Å². The number of hydrogen-bond acceptors (Lipinski definition) is 5. The van der Waals surface area contributed by atoms with Crippen molar-refractivity contribution in [2.75, 3.05) is 18.4 Å². The number of aromatic nitrogens is 2. The van der Waals surface area contributed by atoms with Crippen LogP contribution in [-0.4, -0.2) is 34.0 Å². The predicted molar refractivity (Wildman–Crippen MR) is 155 cm³/mol. The predicted octanol–water partition coefficient (Wildman–Crippen LogP) is 6.36. The lowest BCUT2D eigenvalue weighted by Gasteiger charge is -2.46. The summed E-state index contributed by atoms with van der Waals surface area (Å²) in [6.07, 6.45) is 6.38. The van der Waals surface area contributed by atoms with Gasteiger partial charge in [0.2, 0.25) is 0 Å². The van der Waals surface area contributed by atoms with E-state index in [0.717, 1.165) is 45.4 Å². The van der Waals surface area contributed by atoms with Gasteiger partial charge < -0.3 is 10.6 Å². The quantitative estimate of drug-likeness (QED) is 0.388.